The molecule has 0 amide bonds. The van der Waals surface area contributed by atoms with E-state index in [9.17, 15) is 4.39 Å². The molecule has 124 valence electrons. The predicted octanol–water partition coefficient (Wildman–Crippen LogP) is 3.13. The fourth-order valence-electron chi connectivity index (χ4n) is 3.33. The van der Waals surface area contributed by atoms with E-state index in [1.807, 2.05) is 12.3 Å². The maximum Gasteiger partial charge on any atom is 0.123 e. The summed E-state index contributed by atoms with van der Waals surface area (Å²) in [6, 6.07) is 7.29. The van der Waals surface area contributed by atoms with Crippen molar-refractivity contribution in [1.82, 2.24) is 20.0 Å². The third kappa shape index (κ3) is 3.98. The number of halogens is 1. The molecule has 1 aromatic carbocycles. The smallest absolute Gasteiger partial charge is 0.123 e. The minimum Gasteiger partial charge on any atom is -0.305 e. The molecule has 0 aliphatic carbocycles. The van der Waals surface area contributed by atoms with Crippen LogP contribution in [-0.4, -0.2) is 53.2 Å². The van der Waals surface area contributed by atoms with E-state index in [-0.39, 0.29) is 5.82 Å². The molecule has 0 radical (unpaired) electrons. The molecule has 1 saturated heterocycles. The number of nitrogens with one attached hydrogen (secondary N) is 1. The first-order chi connectivity index (χ1) is 11.1. The van der Waals surface area contributed by atoms with Crippen molar-refractivity contribution in [3.8, 4) is 11.3 Å². The van der Waals surface area contributed by atoms with E-state index in [1.165, 1.54) is 25.3 Å². The van der Waals surface area contributed by atoms with Gasteiger partial charge in [-0.2, -0.15) is 5.10 Å². The second-order valence-corrected chi connectivity index (χ2v) is 6.63. The lowest BCUT2D eigenvalue weighted by Crippen LogP contribution is -2.38. The van der Waals surface area contributed by atoms with Crippen LogP contribution in [0.1, 0.15) is 24.8 Å². The molecular formula is C18H25FN4. The summed E-state index contributed by atoms with van der Waals surface area (Å²) in [4.78, 5) is 4.81. The number of aromatic nitrogens is 2. The molecule has 0 spiro atoms. The molecule has 5 heteroatoms. The van der Waals surface area contributed by atoms with Gasteiger partial charge in [0.05, 0.1) is 11.9 Å². The van der Waals surface area contributed by atoms with Gasteiger partial charge >= 0.3 is 0 Å². The highest BCUT2D eigenvalue weighted by Crippen LogP contribution is 2.24. The van der Waals surface area contributed by atoms with Crippen LogP contribution in [-0.2, 0) is 6.54 Å². The molecule has 1 unspecified atom stereocenters. The molecule has 1 aromatic heterocycles. The summed E-state index contributed by atoms with van der Waals surface area (Å²) < 4.78 is 13.5. The van der Waals surface area contributed by atoms with E-state index in [2.05, 4.69) is 34.1 Å². The average Bonchev–Trinajstić information content (AvgIpc) is 2.84. The van der Waals surface area contributed by atoms with Gasteiger partial charge in [0.2, 0.25) is 0 Å². The highest BCUT2D eigenvalue weighted by Gasteiger charge is 2.21. The number of likely N-dealkylation sites (N-methyl/N-ethyl adjacent to an activating group) is 1. The van der Waals surface area contributed by atoms with Gasteiger partial charge in [0.1, 0.15) is 5.82 Å². The molecule has 3 rings (SSSR count). The third-order valence-corrected chi connectivity index (χ3v) is 4.69. The summed E-state index contributed by atoms with van der Waals surface area (Å²) in [5, 5.41) is 7.22. The summed E-state index contributed by atoms with van der Waals surface area (Å²) in [5.74, 6) is -0.217. The lowest BCUT2D eigenvalue weighted by Gasteiger charge is -2.28. The van der Waals surface area contributed by atoms with Gasteiger partial charge in [0.25, 0.3) is 0 Å². The van der Waals surface area contributed by atoms with Gasteiger partial charge in [0.15, 0.2) is 0 Å². The zero-order chi connectivity index (χ0) is 16.2. The molecule has 1 atom stereocenters. The molecule has 0 bridgehead atoms. The number of benzene rings is 1. The Morgan fingerprint density at radius 2 is 2.22 bits per heavy atom. The Bertz CT molecular complexity index is 637. The minimum atomic E-state index is -0.217. The first-order valence-electron chi connectivity index (χ1n) is 8.30. The Kier molecular flexibility index (Phi) is 5.08. The van der Waals surface area contributed by atoms with Gasteiger partial charge in [-0.15, -0.1) is 0 Å². The molecule has 1 N–H and O–H groups in total. The normalized spacial score (nSPS) is 19.9. The van der Waals surface area contributed by atoms with Crippen LogP contribution >= 0.6 is 0 Å². The van der Waals surface area contributed by atoms with Crippen molar-refractivity contribution in [1.29, 1.82) is 0 Å². The lowest BCUT2D eigenvalue weighted by molar-refractivity contribution is 0.191. The Hall–Kier alpha value is -1.72. The second-order valence-electron chi connectivity index (χ2n) is 6.63. The molecule has 2 aromatic rings. The summed E-state index contributed by atoms with van der Waals surface area (Å²) in [6.45, 7) is 3.03. The predicted molar refractivity (Wildman–Crippen MR) is 90.6 cm³/mol. The maximum absolute atomic E-state index is 13.5. The summed E-state index contributed by atoms with van der Waals surface area (Å²) in [6.07, 6.45) is 5.64. The largest absolute Gasteiger partial charge is 0.305 e. The van der Waals surface area contributed by atoms with Crippen LogP contribution in [0.4, 0.5) is 4.39 Å². The van der Waals surface area contributed by atoms with Gasteiger partial charge in [-0.05, 0) is 45.6 Å². The van der Waals surface area contributed by atoms with Crippen molar-refractivity contribution < 1.29 is 4.39 Å². The van der Waals surface area contributed by atoms with E-state index < -0.39 is 0 Å². The molecule has 1 aliphatic rings. The van der Waals surface area contributed by atoms with Crippen LogP contribution in [0.25, 0.3) is 11.3 Å². The second kappa shape index (κ2) is 7.23. The van der Waals surface area contributed by atoms with E-state index in [0.717, 1.165) is 36.5 Å². The first kappa shape index (κ1) is 16.1. The lowest BCUT2D eigenvalue weighted by atomic mass is 10.1. The minimum absolute atomic E-state index is 0.217. The number of rotatable bonds is 4. The van der Waals surface area contributed by atoms with Crippen molar-refractivity contribution in [3.63, 3.8) is 0 Å². The van der Waals surface area contributed by atoms with Crippen molar-refractivity contribution in [2.24, 2.45) is 0 Å². The van der Waals surface area contributed by atoms with Crippen LogP contribution in [0, 0.1) is 5.82 Å². The van der Waals surface area contributed by atoms with Gasteiger partial charge in [-0.3, -0.25) is 10.00 Å². The number of H-pyrrole nitrogens is 1. The Labute approximate surface area is 137 Å². The van der Waals surface area contributed by atoms with E-state index in [0.29, 0.717) is 6.04 Å². The molecular weight excluding hydrogens is 291 g/mol. The molecule has 1 aliphatic heterocycles. The SMILES string of the molecule is CN(C)C1CCCCN(Cc2cn[nH]c2-c2cccc(F)c2)C1. The zero-order valence-electron chi connectivity index (χ0n) is 13.9. The highest BCUT2D eigenvalue weighted by molar-refractivity contribution is 5.62. The van der Waals surface area contributed by atoms with Gasteiger partial charge in [0, 0.05) is 30.3 Å². The van der Waals surface area contributed by atoms with Crippen LogP contribution < -0.4 is 0 Å². The van der Waals surface area contributed by atoms with Crippen LogP contribution in [0.3, 0.4) is 0 Å². The average molecular weight is 316 g/mol. The highest BCUT2D eigenvalue weighted by atomic mass is 19.1. The van der Waals surface area contributed by atoms with Crippen LogP contribution in [0.15, 0.2) is 30.5 Å². The first-order valence-corrected chi connectivity index (χ1v) is 8.30. The topological polar surface area (TPSA) is 35.2 Å². The summed E-state index contributed by atoms with van der Waals surface area (Å²) >= 11 is 0. The number of hydrogen-bond donors (Lipinski definition) is 1. The third-order valence-electron chi connectivity index (χ3n) is 4.69. The number of nitrogens with zero attached hydrogens (tertiary/aromatic N) is 3. The van der Waals surface area contributed by atoms with Crippen molar-refractivity contribution in [3.05, 3.63) is 41.8 Å². The standard InChI is InChI=1S/C18H25FN4/c1-22(2)17-8-3-4-9-23(13-17)12-15-11-20-21-18(15)14-6-5-7-16(19)10-14/h5-7,10-11,17H,3-4,8-9,12-13H2,1-2H3,(H,20,21). The van der Waals surface area contributed by atoms with Crippen LogP contribution in [0.2, 0.25) is 0 Å². The fraction of sp³-hybridized carbons (Fsp3) is 0.500. The zero-order valence-corrected chi connectivity index (χ0v) is 13.9. The van der Waals surface area contributed by atoms with Gasteiger partial charge in [-0.25, -0.2) is 4.39 Å². The van der Waals surface area contributed by atoms with E-state index >= 15 is 0 Å². The quantitative estimate of drug-likeness (QED) is 0.941. The molecule has 2 heterocycles. The number of likely N-dealkylation sites (tertiary alicyclic amines) is 1. The Morgan fingerprint density at radius 3 is 3.00 bits per heavy atom. The number of aromatic amines is 1. The van der Waals surface area contributed by atoms with Gasteiger partial charge in [-0.1, -0.05) is 18.6 Å². The monoisotopic (exact) mass is 316 g/mol. The summed E-state index contributed by atoms with van der Waals surface area (Å²) in [7, 11) is 4.31. The molecule has 23 heavy (non-hydrogen) atoms. The van der Waals surface area contributed by atoms with E-state index in [1.54, 1.807) is 12.1 Å². The van der Waals surface area contributed by atoms with E-state index in [4.69, 9.17) is 0 Å². The molecule has 0 saturated carbocycles. The van der Waals surface area contributed by atoms with Crippen molar-refractivity contribution >= 4 is 0 Å². The number of hydrogen-bond acceptors (Lipinski definition) is 3. The van der Waals surface area contributed by atoms with Gasteiger partial charge < -0.3 is 4.90 Å². The Balaban J connectivity index is 1.77. The molecule has 1 fully saturated rings. The maximum atomic E-state index is 13.5. The summed E-state index contributed by atoms with van der Waals surface area (Å²) in [5.41, 5.74) is 2.92. The fourth-order valence-corrected chi connectivity index (χ4v) is 3.33. The van der Waals surface area contributed by atoms with Crippen molar-refractivity contribution in [2.45, 2.75) is 31.8 Å². The van der Waals surface area contributed by atoms with Crippen molar-refractivity contribution in [2.75, 3.05) is 27.2 Å². The Morgan fingerprint density at radius 1 is 1.35 bits per heavy atom. The van der Waals surface area contributed by atoms with Crippen LogP contribution in [0.5, 0.6) is 0 Å². The molecule has 4 nitrogen and oxygen atoms in total.